The maximum atomic E-state index is 11.4. The van der Waals surface area contributed by atoms with E-state index in [1.165, 1.54) is 0 Å². The summed E-state index contributed by atoms with van der Waals surface area (Å²) in [5, 5.41) is 4.22. The first-order chi connectivity index (χ1) is 7.63. The number of carbonyl (C=O) groups is 1. The normalized spacial score (nSPS) is 25.2. The highest BCUT2D eigenvalue weighted by molar-refractivity contribution is 5.81. The molecule has 1 aromatic heterocycles. The van der Waals surface area contributed by atoms with Crippen molar-refractivity contribution in [3.63, 3.8) is 0 Å². The van der Waals surface area contributed by atoms with E-state index < -0.39 is 0 Å². The number of rotatable bonds is 4. The topological polar surface area (TPSA) is 47.8 Å². The molecule has 4 nitrogen and oxygen atoms in total. The molecule has 0 saturated heterocycles. The van der Waals surface area contributed by atoms with Crippen LogP contribution in [0.1, 0.15) is 45.4 Å². The molecule has 1 heterocycles. The zero-order chi connectivity index (χ0) is 11.6. The Balaban J connectivity index is 2.08. The lowest BCUT2D eigenvalue weighted by molar-refractivity contribution is -0.117. The van der Waals surface area contributed by atoms with Crippen molar-refractivity contribution in [2.24, 2.45) is 5.41 Å². The molecule has 2 rings (SSSR count). The molecule has 0 N–H and O–H groups in total. The highest BCUT2D eigenvalue weighted by atomic mass is 16.1. The molecule has 16 heavy (non-hydrogen) atoms. The van der Waals surface area contributed by atoms with Gasteiger partial charge in [0.15, 0.2) is 0 Å². The smallest absolute Gasteiger partial charge is 0.138 e. The molecule has 1 aliphatic rings. The molecule has 1 saturated carbocycles. The Hall–Kier alpha value is -1.19. The fraction of sp³-hybridized carbons (Fsp3) is 0.750. The average molecular weight is 221 g/mol. The van der Waals surface area contributed by atoms with Crippen LogP contribution in [0, 0.1) is 5.41 Å². The van der Waals surface area contributed by atoms with Crippen LogP contribution in [0.4, 0.5) is 0 Å². The number of hydrogen-bond acceptors (Lipinski definition) is 3. The Bertz CT molecular complexity index is 385. The van der Waals surface area contributed by atoms with E-state index >= 15 is 0 Å². The van der Waals surface area contributed by atoms with Crippen LogP contribution >= 0.6 is 0 Å². The number of aryl methyl sites for hydroxylation is 1. The third-order valence-corrected chi connectivity index (χ3v) is 3.35. The van der Waals surface area contributed by atoms with Gasteiger partial charge in [-0.25, -0.2) is 4.98 Å². The quantitative estimate of drug-likeness (QED) is 0.781. The standard InChI is InChI=1S/C12H19N3O/c1-3-6-15-11(13-9-14-15)8-12(2)5-4-10(16)7-12/h9H,3-8H2,1-2H3. The Morgan fingerprint density at radius 1 is 1.56 bits per heavy atom. The van der Waals surface area contributed by atoms with E-state index in [9.17, 15) is 4.79 Å². The van der Waals surface area contributed by atoms with Crippen LogP contribution in [0.5, 0.6) is 0 Å². The molecular formula is C12H19N3O. The van der Waals surface area contributed by atoms with Crippen molar-refractivity contribution in [3.05, 3.63) is 12.2 Å². The summed E-state index contributed by atoms with van der Waals surface area (Å²) >= 11 is 0. The minimum atomic E-state index is 0.107. The molecule has 4 heteroatoms. The predicted molar refractivity (Wildman–Crippen MR) is 61.0 cm³/mol. The first-order valence-electron chi connectivity index (χ1n) is 6.01. The number of ketones is 1. The van der Waals surface area contributed by atoms with Crippen molar-refractivity contribution in [2.45, 2.75) is 52.5 Å². The number of nitrogens with zero attached hydrogens (tertiary/aromatic N) is 3. The second-order valence-corrected chi connectivity index (χ2v) is 5.10. The van der Waals surface area contributed by atoms with Crippen molar-refractivity contribution in [1.29, 1.82) is 0 Å². The van der Waals surface area contributed by atoms with Gasteiger partial charge in [0.1, 0.15) is 17.9 Å². The Morgan fingerprint density at radius 2 is 2.38 bits per heavy atom. The number of hydrogen-bond donors (Lipinski definition) is 0. The Kier molecular flexibility index (Phi) is 3.08. The molecule has 0 amide bonds. The second kappa shape index (κ2) is 4.36. The van der Waals surface area contributed by atoms with E-state index in [-0.39, 0.29) is 5.41 Å². The van der Waals surface area contributed by atoms with Crippen molar-refractivity contribution in [1.82, 2.24) is 14.8 Å². The number of Topliss-reactive ketones (excluding diaryl/α,β-unsaturated/α-hetero) is 1. The minimum absolute atomic E-state index is 0.107. The van der Waals surface area contributed by atoms with Crippen LogP contribution in [0.3, 0.4) is 0 Å². The van der Waals surface area contributed by atoms with E-state index in [2.05, 4.69) is 23.9 Å². The van der Waals surface area contributed by atoms with Gasteiger partial charge in [0.05, 0.1) is 0 Å². The predicted octanol–water partition coefficient (Wildman–Crippen LogP) is 1.99. The Morgan fingerprint density at radius 3 is 3.00 bits per heavy atom. The molecule has 0 aliphatic heterocycles. The zero-order valence-corrected chi connectivity index (χ0v) is 10.1. The largest absolute Gasteiger partial charge is 0.300 e. The van der Waals surface area contributed by atoms with E-state index in [4.69, 9.17) is 0 Å². The summed E-state index contributed by atoms with van der Waals surface area (Å²) in [5.74, 6) is 1.42. The van der Waals surface area contributed by atoms with Crippen LogP contribution in [0.2, 0.25) is 0 Å². The first kappa shape index (κ1) is 11.3. The van der Waals surface area contributed by atoms with Gasteiger partial charge in [0.2, 0.25) is 0 Å². The van der Waals surface area contributed by atoms with Crippen molar-refractivity contribution >= 4 is 5.78 Å². The lowest BCUT2D eigenvalue weighted by Crippen LogP contribution is -2.19. The summed E-state index contributed by atoms with van der Waals surface area (Å²) in [7, 11) is 0. The summed E-state index contributed by atoms with van der Waals surface area (Å²) in [4.78, 5) is 15.7. The third-order valence-electron chi connectivity index (χ3n) is 3.35. The monoisotopic (exact) mass is 221 g/mol. The molecule has 1 aliphatic carbocycles. The second-order valence-electron chi connectivity index (χ2n) is 5.10. The summed E-state index contributed by atoms with van der Waals surface area (Å²) in [6, 6.07) is 0. The third kappa shape index (κ3) is 2.31. The molecular weight excluding hydrogens is 202 g/mol. The number of carbonyl (C=O) groups excluding carboxylic acids is 1. The van der Waals surface area contributed by atoms with E-state index in [1.54, 1.807) is 6.33 Å². The molecule has 1 atom stereocenters. The van der Waals surface area contributed by atoms with Gasteiger partial charge in [-0.1, -0.05) is 13.8 Å². The number of aromatic nitrogens is 3. The summed E-state index contributed by atoms with van der Waals surface area (Å²) in [6.07, 6.45) is 5.98. The Labute approximate surface area is 96.1 Å². The lowest BCUT2D eigenvalue weighted by atomic mass is 9.85. The van der Waals surface area contributed by atoms with Gasteiger partial charge in [-0.15, -0.1) is 0 Å². The molecule has 88 valence electrons. The van der Waals surface area contributed by atoms with Gasteiger partial charge in [-0.05, 0) is 18.3 Å². The van der Waals surface area contributed by atoms with Gasteiger partial charge in [-0.3, -0.25) is 9.48 Å². The fourth-order valence-electron chi connectivity index (χ4n) is 2.45. The summed E-state index contributed by atoms with van der Waals surface area (Å²) in [6.45, 7) is 5.23. The van der Waals surface area contributed by atoms with Crippen LogP contribution in [-0.2, 0) is 17.8 Å². The summed E-state index contributed by atoms with van der Waals surface area (Å²) in [5.41, 5.74) is 0.107. The van der Waals surface area contributed by atoms with Crippen LogP contribution in [-0.4, -0.2) is 20.5 Å². The first-order valence-corrected chi connectivity index (χ1v) is 6.01. The van der Waals surface area contributed by atoms with Crippen molar-refractivity contribution in [3.8, 4) is 0 Å². The molecule has 0 bridgehead atoms. The van der Waals surface area contributed by atoms with E-state index in [1.807, 2.05) is 4.68 Å². The average Bonchev–Trinajstić information content (AvgIpc) is 2.76. The van der Waals surface area contributed by atoms with Gasteiger partial charge in [0, 0.05) is 25.8 Å². The highest BCUT2D eigenvalue weighted by Crippen LogP contribution is 2.37. The van der Waals surface area contributed by atoms with Crippen molar-refractivity contribution in [2.75, 3.05) is 0 Å². The molecule has 1 fully saturated rings. The molecule has 0 aromatic carbocycles. The lowest BCUT2D eigenvalue weighted by Gasteiger charge is -2.21. The van der Waals surface area contributed by atoms with Crippen LogP contribution < -0.4 is 0 Å². The van der Waals surface area contributed by atoms with Crippen molar-refractivity contribution < 1.29 is 4.79 Å². The van der Waals surface area contributed by atoms with Gasteiger partial charge < -0.3 is 0 Å². The van der Waals surface area contributed by atoms with E-state index in [0.29, 0.717) is 12.2 Å². The van der Waals surface area contributed by atoms with Gasteiger partial charge >= 0.3 is 0 Å². The zero-order valence-electron chi connectivity index (χ0n) is 10.1. The molecule has 0 spiro atoms. The van der Waals surface area contributed by atoms with Gasteiger partial charge in [0.25, 0.3) is 0 Å². The van der Waals surface area contributed by atoms with E-state index in [0.717, 1.165) is 38.1 Å². The molecule has 0 radical (unpaired) electrons. The maximum Gasteiger partial charge on any atom is 0.138 e. The maximum absolute atomic E-state index is 11.4. The SMILES string of the molecule is CCCn1ncnc1CC1(C)CCC(=O)C1. The molecule has 1 unspecified atom stereocenters. The summed E-state index contributed by atoms with van der Waals surface area (Å²) < 4.78 is 1.97. The van der Waals surface area contributed by atoms with Crippen LogP contribution in [0.25, 0.3) is 0 Å². The fourth-order valence-corrected chi connectivity index (χ4v) is 2.45. The molecule has 1 aromatic rings. The van der Waals surface area contributed by atoms with Crippen LogP contribution in [0.15, 0.2) is 6.33 Å². The minimum Gasteiger partial charge on any atom is -0.300 e. The van der Waals surface area contributed by atoms with Gasteiger partial charge in [-0.2, -0.15) is 5.10 Å². The highest BCUT2D eigenvalue weighted by Gasteiger charge is 2.35.